The number of carbonyl (C=O) groups is 1. The zero-order valence-corrected chi connectivity index (χ0v) is 15.7. The average molecular weight is 393 g/mol. The molecule has 2 amide bonds. The molecule has 0 saturated carbocycles. The van der Waals surface area contributed by atoms with Gasteiger partial charge >= 0.3 is 6.03 Å². The highest BCUT2D eigenvalue weighted by atomic mass is 32.2. The van der Waals surface area contributed by atoms with E-state index >= 15 is 0 Å². The van der Waals surface area contributed by atoms with Crippen LogP contribution in [0.25, 0.3) is 0 Å². The SMILES string of the molecule is COc1ccc(NC(=O)N[C@@H](C)c2ccc(S(C)(=O)=O)cc2)c([N+](=O)[O-])c1. The Balaban J connectivity index is 2.10. The Morgan fingerprint density at radius 3 is 2.33 bits per heavy atom. The van der Waals surface area contributed by atoms with Gasteiger partial charge in [0.15, 0.2) is 9.84 Å². The van der Waals surface area contributed by atoms with Gasteiger partial charge in [0.1, 0.15) is 11.4 Å². The molecule has 1 atom stereocenters. The summed E-state index contributed by atoms with van der Waals surface area (Å²) in [6.07, 6.45) is 1.11. The highest BCUT2D eigenvalue weighted by Gasteiger charge is 2.18. The summed E-state index contributed by atoms with van der Waals surface area (Å²) in [5.41, 5.74) is 0.411. The first-order valence-electron chi connectivity index (χ1n) is 7.82. The zero-order chi connectivity index (χ0) is 20.2. The lowest BCUT2D eigenvalue weighted by Gasteiger charge is -2.15. The van der Waals surface area contributed by atoms with E-state index in [2.05, 4.69) is 10.6 Å². The molecule has 0 bridgehead atoms. The molecule has 144 valence electrons. The number of urea groups is 1. The van der Waals surface area contributed by atoms with Gasteiger partial charge in [-0.2, -0.15) is 0 Å². The van der Waals surface area contributed by atoms with Crippen LogP contribution in [0.5, 0.6) is 5.75 Å². The number of nitrogens with one attached hydrogen (secondary N) is 2. The van der Waals surface area contributed by atoms with Crippen molar-refractivity contribution >= 4 is 27.2 Å². The number of nitro benzene ring substituents is 1. The molecule has 0 aromatic heterocycles. The number of nitrogens with zero attached hydrogens (tertiary/aromatic N) is 1. The molecule has 2 rings (SSSR count). The van der Waals surface area contributed by atoms with E-state index in [9.17, 15) is 23.3 Å². The summed E-state index contributed by atoms with van der Waals surface area (Å²) < 4.78 is 27.9. The second kappa shape index (κ2) is 8.04. The molecule has 0 fully saturated rings. The standard InChI is InChI=1S/C17H19N3O6S/c1-11(12-4-7-14(8-5-12)27(3,24)25)18-17(21)19-15-9-6-13(26-2)10-16(15)20(22)23/h4-11H,1-3H3,(H2,18,19,21)/t11-/m0/s1. The van der Waals surface area contributed by atoms with Crippen molar-refractivity contribution in [2.45, 2.75) is 17.9 Å². The number of anilines is 1. The van der Waals surface area contributed by atoms with E-state index in [1.165, 1.54) is 37.4 Å². The molecule has 27 heavy (non-hydrogen) atoms. The summed E-state index contributed by atoms with van der Waals surface area (Å²) in [5.74, 6) is 0.298. The van der Waals surface area contributed by atoms with Gasteiger partial charge in [-0.1, -0.05) is 12.1 Å². The van der Waals surface area contributed by atoms with Gasteiger partial charge in [0.25, 0.3) is 5.69 Å². The van der Waals surface area contributed by atoms with Crippen LogP contribution in [0.4, 0.5) is 16.2 Å². The van der Waals surface area contributed by atoms with E-state index in [4.69, 9.17) is 4.74 Å². The predicted octanol–water partition coefficient (Wildman–Crippen LogP) is 2.89. The van der Waals surface area contributed by atoms with Gasteiger partial charge in [-0.25, -0.2) is 13.2 Å². The third-order valence-corrected chi connectivity index (χ3v) is 4.93. The molecule has 0 radical (unpaired) electrons. The van der Waals surface area contributed by atoms with E-state index < -0.39 is 26.8 Å². The molecular formula is C17H19N3O6S. The number of carbonyl (C=O) groups excluding carboxylic acids is 1. The summed E-state index contributed by atoms with van der Waals surface area (Å²) in [5, 5.41) is 16.2. The highest BCUT2D eigenvalue weighted by molar-refractivity contribution is 7.90. The van der Waals surface area contributed by atoms with Gasteiger partial charge in [0.2, 0.25) is 0 Å². The quantitative estimate of drug-likeness (QED) is 0.574. The third-order valence-electron chi connectivity index (χ3n) is 3.81. The maximum Gasteiger partial charge on any atom is 0.319 e. The lowest BCUT2D eigenvalue weighted by molar-refractivity contribution is -0.384. The van der Waals surface area contributed by atoms with Crippen LogP contribution in [-0.4, -0.2) is 32.7 Å². The topological polar surface area (TPSA) is 128 Å². The number of sulfone groups is 1. The smallest absolute Gasteiger partial charge is 0.319 e. The molecule has 0 saturated heterocycles. The fraction of sp³-hybridized carbons (Fsp3) is 0.235. The van der Waals surface area contributed by atoms with Crippen LogP contribution in [0.3, 0.4) is 0 Å². The van der Waals surface area contributed by atoms with E-state index in [-0.39, 0.29) is 16.3 Å². The fourth-order valence-corrected chi connectivity index (χ4v) is 2.97. The Morgan fingerprint density at radius 1 is 1.19 bits per heavy atom. The Hall–Kier alpha value is -3.14. The number of hydrogen-bond donors (Lipinski definition) is 2. The average Bonchev–Trinajstić information content (AvgIpc) is 2.61. The lowest BCUT2D eigenvalue weighted by Crippen LogP contribution is -2.31. The minimum Gasteiger partial charge on any atom is -0.496 e. The predicted molar refractivity (Wildman–Crippen MR) is 99.8 cm³/mol. The molecule has 9 nitrogen and oxygen atoms in total. The van der Waals surface area contributed by atoms with Crippen molar-refractivity contribution < 1.29 is 22.9 Å². The van der Waals surface area contributed by atoms with Gasteiger partial charge in [0, 0.05) is 6.26 Å². The van der Waals surface area contributed by atoms with Crippen molar-refractivity contribution in [2.24, 2.45) is 0 Å². The van der Waals surface area contributed by atoms with Crippen molar-refractivity contribution in [2.75, 3.05) is 18.7 Å². The summed E-state index contributed by atoms with van der Waals surface area (Å²) in [6.45, 7) is 1.71. The molecule has 2 aromatic carbocycles. The van der Waals surface area contributed by atoms with Gasteiger partial charge < -0.3 is 15.4 Å². The Morgan fingerprint density at radius 2 is 1.81 bits per heavy atom. The number of amides is 2. The number of rotatable bonds is 6. The van der Waals surface area contributed by atoms with Gasteiger partial charge in [0.05, 0.1) is 29.0 Å². The van der Waals surface area contributed by atoms with Crippen LogP contribution in [0.2, 0.25) is 0 Å². The summed E-state index contributed by atoms with van der Waals surface area (Å²) in [4.78, 5) is 22.9. The first-order chi connectivity index (χ1) is 12.6. The van der Waals surface area contributed by atoms with Crippen LogP contribution in [0, 0.1) is 10.1 Å². The summed E-state index contributed by atoms with van der Waals surface area (Å²) >= 11 is 0. The van der Waals surface area contributed by atoms with Crippen molar-refractivity contribution in [1.82, 2.24) is 5.32 Å². The number of nitro groups is 1. The highest BCUT2D eigenvalue weighted by Crippen LogP contribution is 2.29. The Bertz CT molecular complexity index is 957. The molecule has 10 heteroatoms. The van der Waals surface area contributed by atoms with Crippen LogP contribution in [0.15, 0.2) is 47.4 Å². The Kier molecular flexibility index (Phi) is 6.01. The van der Waals surface area contributed by atoms with E-state index in [0.717, 1.165) is 6.26 Å². The minimum atomic E-state index is -3.30. The second-order valence-corrected chi connectivity index (χ2v) is 7.82. The molecule has 2 N–H and O–H groups in total. The molecule has 0 spiro atoms. The monoisotopic (exact) mass is 393 g/mol. The third kappa shape index (κ3) is 5.17. The Labute approximate surface area is 156 Å². The first kappa shape index (κ1) is 20.2. The molecular weight excluding hydrogens is 374 g/mol. The van der Waals surface area contributed by atoms with E-state index in [1.807, 2.05) is 0 Å². The normalized spacial score (nSPS) is 12.1. The second-order valence-electron chi connectivity index (χ2n) is 5.80. The maximum atomic E-state index is 12.2. The van der Waals surface area contributed by atoms with Gasteiger partial charge in [-0.05, 0) is 36.8 Å². The fourth-order valence-electron chi connectivity index (χ4n) is 2.34. The van der Waals surface area contributed by atoms with Crippen LogP contribution < -0.4 is 15.4 Å². The molecule has 0 heterocycles. The molecule has 0 aliphatic rings. The van der Waals surface area contributed by atoms with Crippen LogP contribution >= 0.6 is 0 Å². The first-order valence-corrected chi connectivity index (χ1v) is 9.71. The number of ether oxygens (including phenoxy) is 1. The summed E-state index contributed by atoms with van der Waals surface area (Å²) in [7, 11) is -1.92. The van der Waals surface area contributed by atoms with E-state index in [1.54, 1.807) is 19.1 Å². The lowest BCUT2D eigenvalue weighted by atomic mass is 10.1. The number of hydrogen-bond acceptors (Lipinski definition) is 6. The van der Waals surface area contributed by atoms with E-state index in [0.29, 0.717) is 11.3 Å². The zero-order valence-electron chi connectivity index (χ0n) is 14.9. The maximum absolute atomic E-state index is 12.2. The van der Waals surface area contributed by atoms with Crippen molar-refractivity contribution in [3.05, 3.63) is 58.1 Å². The van der Waals surface area contributed by atoms with Crippen LogP contribution in [-0.2, 0) is 9.84 Å². The largest absolute Gasteiger partial charge is 0.496 e. The molecule has 0 unspecified atom stereocenters. The number of benzene rings is 2. The van der Waals surface area contributed by atoms with Gasteiger partial charge in [-0.15, -0.1) is 0 Å². The number of methoxy groups -OCH3 is 1. The minimum absolute atomic E-state index is 0.0259. The molecule has 0 aliphatic carbocycles. The summed E-state index contributed by atoms with van der Waals surface area (Å²) in [6, 6.07) is 9.10. The van der Waals surface area contributed by atoms with Crippen LogP contribution in [0.1, 0.15) is 18.5 Å². The van der Waals surface area contributed by atoms with Crippen molar-refractivity contribution in [1.29, 1.82) is 0 Å². The van der Waals surface area contributed by atoms with Crippen molar-refractivity contribution in [3.8, 4) is 5.75 Å². The van der Waals surface area contributed by atoms with Crippen molar-refractivity contribution in [3.63, 3.8) is 0 Å². The molecule has 0 aliphatic heterocycles. The molecule has 2 aromatic rings. The van der Waals surface area contributed by atoms with Gasteiger partial charge in [-0.3, -0.25) is 10.1 Å².